The Balaban J connectivity index is 2.01. The number of likely N-dealkylation sites (N-methyl/N-ethyl adjacent to an activating group) is 1. The van der Waals surface area contributed by atoms with Crippen LogP contribution in [0.1, 0.15) is 25.6 Å². The minimum atomic E-state index is 0.175. The van der Waals surface area contributed by atoms with Crippen LogP contribution in [0, 0.1) is 0 Å². The zero-order valence-corrected chi connectivity index (χ0v) is 12.7. The van der Waals surface area contributed by atoms with Crippen molar-refractivity contribution < 1.29 is 5.11 Å². The quantitative estimate of drug-likeness (QED) is 0.823. The second-order valence-corrected chi connectivity index (χ2v) is 5.35. The molecule has 0 fully saturated rings. The molecule has 0 bridgehead atoms. The Morgan fingerprint density at radius 3 is 2.65 bits per heavy atom. The Hall–Kier alpha value is -1.59. The molecule has 2 aromatic rings. The largest absolute Gasteiger partial charge is 0.395 e. The summed E-state index contributed by atoms with van der Waals surface area (Å²) in [6, 6.07) is 8.49. The van der Waals surface area contributed by atoms with Crippen molar-refractivity contribution >= 4 is 22.7 Å². The lowest BCUT2D eigenvalue weighted by Crippen LogP contribution is -2.25. The third kappa shape index (κ3) is 3.71. The highest BCUT2D eigenvalue weighted by Gasteiger charge is 2.08. The van der Waals surface area contributed by atoms with Gasteiger partial charge in [0.2, 0.25) is 0 Å². The second kappa shape index (κ2) is 7.26. The first kappa shape index (κ1) is 14.8. The van der Waals surface area contributed by atoms with Gasteiger partial charge in [-0.25, -0.2) is 4.98 Å². The molecule has 2 N–H and O–H groups in total. The summed E-state index contributed by atoms with van der Waals surface area (Å²) in [5.41, 5.74) is 5.13. The highest BCUT2D eigenvalue weighted by atomic mass is 32.1. The lowest BCUT2D eigenvalue weighted by atomic mass is 10.2. The van der Waals surface area contributed by atoms with E-state index in [0.717, 1.165) is 23.6 Å². The van der Waals surface area contributed by atoms with Crippen LogP contribution in [-0.4, -0.2) is 29.8 Å². The van der Waals surface area contributed by atoms with Crippen LogP contribution in [0.15, 0.2) is 35.2 Å². The van der Waals surface area contributed by atoms with Gasteiger partial charge in [-0.15, -0.1) is 11.3 Å². The summed E-state index contributed by atoms with van der Waals surface area (Å²) in [6.07, 6.45) is 0. The summed E-state index contributed by atoms with van der Waals surface area (Å²) >= 11 is 1.61. The smallest absolute Gasteiger partial charge is 0.0795 e. The molecule has 0 radical (unpaired) electrons. The second-order valence-electron chi connectivity index (χ2n) is 4.63. The van der Waals surface area contributed by atoms with Crippen LogP contribution >= 0.6 is 11.3 Å². The van der Waals surface area contributed by atoms with E-state index in [1.54, 1.807) is 11.3 Å². The molecule has 1 atom stereocenters. The number of anilines is 2. The Morgan fingerprint density at radius 2 is 2.10 bits per heavy atom. The molecule has 0 amide bonds. The Kier molecular flexibility index (Phi) is 5.38. The van der Waals surface area contributed by atoms with Gasteiger partial charge in [0.15, 0.2) is 0 Å². The van der Waals surface area contributed by atoms with E-state index in [9.17, 15) is 0 Å². The van der Waals surface area contributed by atoms with Crippen LogP contribution in [0.25, 0.3) is 0 Å². The SMILES string of the molecule is CCN(CCO)c1ccc(NC(C)c2cscn2)cc1. The van der Waals surface area contributed by atoms with Crippen LogP contribution in [0.2, 0.25) is 0 Å². The van der Waals surface area contributed by atoms with E-state index in [1.807, 2.05) is 5.51 Å². The summed E-state index contributed by atoms with van der Waals surface area (Å²) in [6.45, 7) is 5.93. The maximum atomic E-state index is 9.05. The van der Waals surface area contributed by atoms with Crippen molar-refractivity contribution in [3.8, 4) is 0 Å². The summed E-state index contributed by atoms with van der Waals surface area (Å²) in [4.78, 5) is 6.46. The molecule has 0 aliphatic rings. The van der Waals surface area contributed by atoms with E-state index in [-0.39, 0.29) is 12.6 Å². The summed E-state index contributed by atoms with van der Waals surface area (Å²) in [7, 11) is 0. The molecule has 0 saturated heterocycles. The molecule has 1 heterocycles. The monoisotopic (exact) mass is 291 g/mol. The predicted molar refractivity (Wildman–Crippen MR) is 85.6 cm³/mol. The molecular formula is C15H21N3OS. The summed E-state index contributed by atoms with van der Waals surface area (Å²) in [5.74, 6) is 0. The maximum absolute atomic E-state index is 9.05. The molecule has 0 aliphatic heterocycles. The van der Waals surface area contributed by atoms with E-state index in [1.165, 1.54) is 0 Å². The van der Waals surface area contributed by atoms with Crippen molar-refractivity contribution in [2.24, 2.45) is 0 Å². The van der Waals surface area contributed by atoms with E-state index in [0.29, 0.717) is 6.54 Å². The fourth-order valence-electron chi connectivity index (χ4n) is 2.12. The minimum Gasteiger partial charge on any atom is -0.395 e. The number of benzene rings is 1. The average Bonchev–Trinajstić information content (AvgIpc) is 3.00. The molecule has 4 nitrogen and oxygen atoms in total. The number of aliphatic hydroxyl groups is 1. The average molecular weight is 291 g/mol. The number of hydrogen-bond donors (Lipinski definition) is 2. The van der Waals surface area contributed by atoms with E-state index < -0.39 is 0 Å². The number of nitrogens with one attached hydrogen (secondary N) is 1. The standard InChI is InChI=1S/C15H21N3OS/c1-3-18(8-9-19)14-6-4-13(5-7-14)17-12(2)15-10-20-11-16-15/h4-7,10-12,17,19H,3,8-9H2,1-2H3. The van der Waals surface area contributed by atoms with Gasteiger partial charge in [0.25, 0.3) is 0 Å². The van der Waals surface area contributed by atoms with Crippen molar-refractivity contribution in [1.82, 2.24) is 4.98 Å². The first-order valence-corrected chi connectivity index (χ1v) is 7.79. The number of nitrogens with zero attached hydrogens (tertiary/aromatic N) is 2. The number of thiazole rings is 1. The molecule has 20 heavy (non-hydrogen) atoms. The van der Waals surface area contributed by atoms with Gasteiger partial charge in [-0.2, -0.15) is 0 Å². The molecule has 1 aromatic carbocycles. The van der Waals surface area contributed by atoms with Crippen molar-refractivity contribution in [2.75, 3.05) is 29.9 Å². The van der Waals surface area contributed by atoms with Gasteiger partial charge in [0, 0.05) is 29.8 Å². The predicted octanol–water partition coefficient (Wildman–Crippen LogP) is 3.13. The Morgan fingerprint density at radius 1 is 1.35 bits per heavy atom. The van der Waals surface area contributed by atoms with E-state index in [2.05, 4.69) is 58.7 Å². The number of aromatic nitrogens is 1. The highest BCUT2D eigenvalue weighted by Crippen LogP contribution is 2.22. The van der Waals surface area contributed by atoms with Gasteiger partial charge in [-0.1, -0.05) is 0 Å². The molecule has 5 heteroatoms. The van der Waals surface area contributed by atoms with Crippen LogP contribution < -0.4 is 10.2 Å². The van der Waals surface area contributed by atoms with Crippen LogP contribution in [0.5, 0.6) is 0 Å². The normalized spacial score (nSPS) is 12.2. The lowest BCUT2D eigenvalue weighted by molar-refractivity contribution is 0.302. The third-order valence-corrected chi connectivity index (χ3v) is 3.87. The zero-order valence-electron chi connectivity index (χ0n) is 11.9. The van der Waals surface area contributed by atoms with Crippen molar-refractivity contribution in [3.05, 3.63) is 40.8 Å². The first-order valence-electron chi connectivity index (χ1n) is 6.85. The fourth-order valence-corrected chi connectivity index (χ4v) is 2.77. The minimum absolute atomic E-state index is 0.175. The van der Waals surface area contributed by atoms with Crippen molar-refractivity contribution in [1.29, 1.82) is 0 Å². The number of hydrogen-bond acceptors (Lipinski definition) is 5. The van der Waals surface area contributed by atoms with Gasteiger partial charge in [0.1, 0.15) is 0 Å². The van der Waals surface area contributed by atoms with E-state index >= 15 is 0 Å². The Bertz CT molecular complexity index is 498. The van der Waals surface area contributed by atoms with Crippen molar-refractivity contribution in [2.45, 2.75) is 19.9 Å². The number of rotatable bonds is 7. The van der Waals surface area contributed by atoms with Gasteiger partial charge in [-0.3, -0.25) is 0 Å². The van der Waals surface area contributed by atoms with Gasteiger partial charge in [0.05, 0.1) is 23.9 Å². The molecular weight excluding hydrogens is 270 g/mol. The van der Waals surface area contributed by atoms with Crippen LogP contribution in [0.4, 0.5) is 11.4 Å². The topological polar surface area (TPSA) is 48.4 Å². The summed E-state index contributed by atoms with van der Waals surface area (Å²) in [5, 5.41) is 14.5. The zero-order chi connectivity index (χ0) is 14.4. The Labute approximate surface area is 124 Å². The first-order chi connectivity index (χ1) is 9.74. The third-order valence-electron chi connectivity index (χ3n) is 3.26. The molecule has 1 unspecified atom stereocenters. The highest BCUT2D eigenvalue weighted by molar-refractivity contribution is 7.07. The molecule has 2 rings (SSSR count). The molecule has 108 valence electrons. The van der Waals surface area contributed by atoms with Crippen LogP contribution in [0.3, 0.4) is 0 Å². The number of aliphatic hydroxyl groups excluding tert-OH is 1. The lowest BCUT2D eigenvalue weighted by Gasteiger charge is -2.22. The molecule has 0 aliphatic carbocycles. The van der Waals surface area contributed by atoms with Gasteiger partial charge in [-0.05, 0) is 38.1 Å². The van der Waals surface area contributed by atoms with Gasteiger partial charge < -0.3 is 15.3 Å². The maximum Gasteiger partial charge on any atom is 0.0795 e. The fraction of sp³-hybridized carbons (Fsp3) is 0.400. The van der Waals surface area contributed by atoms with E-state index in [4.69, 9.17) is 5.11 Å². The van der Waals surface area contributed by atoms with Gasteiger partial charge >= 0.3 is 0 Å². The molecule has 0 spiro atoms. The summed E-state index contributed by atoms with van der Waals surface area (Å²) < 4.78 is 0. The molecule has 1 aromatic heterocycles. The van der Waals surface area contributed by atoms with Crippen LogP contribution in [-0.2, 0) is 0 Å². The molecule has 0 saturated carbocycles. The van der Waals surface area contributed by atoms with Crippen molar-refractivity contribution in [3.63, 3.8) is 0 Å².